The van der Waals surface area contributed by atoms with E-state index in [0.29, 0.717) is 6.42 Å². The summed E-state index contributed by atoms with van der Waals surface area (Å²) in [5.41, 5.74) is 0. The summed E-state index contributed by atoms with van der Waals surface area (Å²) < 4.78 is 0. The highest BCUT2D eigenvalue weighted by Gasteiger charge is 2.22. The van der Waals surface area contributed by atoms with Crippen molar-refractivity contribution in [1.29, 1.82) is 0 Å². The Morgan fingerprint density at radius 1 is 0.369 bits per heavy atom. The maximum Gasteiger partial charge on any atom is 0.249 e. The van der Waals surface area contributed by atoms with Crippen LogP contribution >= 0.6 is 0 Å². The normalized spacial score (nSPS) is 13.5. The summed E-state index contributed by atoms with van der Waals surface area (Å²) in [4.78, 5) is 12.6. The van der Waals surface area contributed by atoms with Gasteiger partial charge in [0, 0.05) is 0 Å². The van der Waals surface area contributed by atoms with Gasteiger partial charge in [-0.2, -0.15) is 0 Å². The Kier molecular flexibility index (Phi) is 54.0. The molecule has 0 aliphatic heterocycles. The van der Waals surface area contributed by atoms with Crippen LogP contribution in [0.25, 0.3) is 0 Å². The van der Waals surface area contributed by atoms with Crippen molar-refractivity contribution in [2.45, 2.75) is 334 Å². The molecule has 0 aliphatic carbocycles. The van der Waals surface area contributed by atoms with Crippen molar-refractivity contribution in [2.24, 2.45) is 0 Å². The first-order valence-electron chi connectivity index (χ1n) is 29.3. The van der Waals surface area contributed by atoms with E-state index in [1.165, 1.54) is 257 Å². The van der Waals surface area contributed by atoms with Crippen LogP contribution in [-0.4, -0.2) is 46.1 Å². The molecule has 0 heterocycles. The molecule has 0 saturated carbocycles. The number of allylic oxidation sites excluding steroid dienone is 5. The quantitative estimate of drug-likeness (QED) is 0.0361. The molecule has 5 nitrogen and oxygen atoms in total. The summed E-state index contributed by atoms with van der Waals surface area (Å²) >= 11 is 0. The molecule has 3 atom stereocenters. The van der Waals surface area contributed by atoms with Crippen LogP contribution in [0.1, 0.15) is 316 Å². The van der Waals surface area contributed by atoms with Crippen molar-refractivity contribution in [1.82, 2.24) is 5.32 Å². The van der Waals surface area contributed by atoms with Gasteiger partial charge in [-0.1, -0.05) is 294 Å². The minimum Gasteiger partial charge on any atom is -0.394 e. The first-order valence-corrected chi connectivity index (χ1v) is 29.3. The Bertz CT molecular complexity index is 1010. The number of rotatable bonds is 54. The molecule has 3 unspecified atom stereocenters. The minimum absolute atomic E-state index is 0.374. The molecule has 65 heavy (non-hydrogen) atoms. The van der Waals surface area contributed by atoms with Crippen molar-refractivity contribution < 1.29 is 20.1 Å². The second kappa shape index (κ2) is 55.2. The van der Waals surface area contributed by atoms with E-state index < -0.39 is 24.2 Å². The van der Waals surface area contributed by atoms with Crippen molar-refractivity contribution in [3.63, 3.8) is 0 Å². The largest absolute Gasteiger partial charge is 0.394 e. The first-order chi connectivity index (χ1) is 32.1. The van der Waals surface area contributed by atoms with Gasteiger partial charge in [0.25, 0.3) is 0 Å². The zero-order valence-electron chi connectivity index (χ0n) is 43.9. The summed E-state index contributed by atoms with van der Waals surface area (Å²) in [6, 6.07) is -0.815. The lowest BCUT2D eigenvalue weighted by molar-refractivity contribution is -0.131. The van der Waals surface area contributed by atoms with Crippen LogP contribution in [0.5, 0.6) is 0 Å². The SMILES string of the molecule is CCCCCCCCCCCCCC/C=C\CCCCCCCCCCCCCCCCC(O)C(=O)NC(CO)C(O)/C=C/CC/C=C/CCCCCCCCCCCCCCCCC. The van der Waals surface area contributed by atoms with Gasteiger partial charge in [0.1, 0.15) is 6.10 Å². The number of unbranched alkanes of at least 4 members (excludes halogenated alkanes) is 42. The number of hydrogen-bond acceptors (Lipinski definition) is 4. The van der Waals surface area contributed by atoms with Crippen LogP contribution in [0.15, 0.2) is 36.5 Å². The fraction of sp³-hybridized carbons (Fsp3) is 0.883. The van der Waals surface area contributed by atoms with E-state index in [4.69, 9.17) is 0 Å². The fourth-order valence-electron chi connectivity index (χ4n) is 9.14. The van der Waals surface area contributed by atoms with E-state index in [1.807, 2.05) is 6.08 Å². The van der Waals surface area contributed by atoms with Gasteiger partial charge in [-0.25, -0.2) is 0 Å². The van der Waals surface area contributed by atoms with E-state index in [2.05, 4.69) is 43.5 Å². The topological polar surface area (TPSA) is 89.8 Å². The smallest absolute Gasteiger partial charge is 0.249 e. The summed E-state index contributed by atoms with van der Waals surface area (Å²) in [7, 11) is 0. The van der Waals surface area contributed by atoms with E-state index in [-0.39, 0.29) is 6.61 Å². The molecule has 384 valence electrons. The van der Waals surface area contributed by atoms with Gasteiger partial charge >= 0.3 is 0 Å². The lowest BCUT2D eigenvalue weighted by atomic mass is 10.0. The van der Waals surface area contributed by atoms with E-state index in [9.17, 15) is 20.1 Å². The van der Waals surface area contributed by atoms with Crippen LogP contribution in [0.3, 0.4) is 0 Å². The predicted octanol–water partition coefficient (Wildman–Crippen LogP) is 18.2. The van der Waals surface area contributed by atoms with E-state index >= 15 is 0 Å². The van der Waals surface area contributed by atoms with E-state index in [0.717, 1.165) is 38.5 Å². The Morgan fingerprint density at radius 2 is 0.631 bits per heavy atom. The number of carbonyl (C=O) groups is 1. The maximum atomic E-state index is 12.6. The monoisotopic (exact) mass is 914 g/mol. The van der Waals surface area contributed by atoms with Gasteiger partial charge in [0.05, 0.1) is 18.8 Å². The van der Waals surface area contributed by atoms with Crippen molar-refractivity contribution in [3.8, 4) is 0 Å². The molecule has 5 heteroatoms. The third-order valence-electron chi connectivity index (χ3n) is 13.7. The number of aliphatic hydroxyl groups excluding tert-OH is 3. The van der Waals surface area contributed by atoms with Gasteiger partial charge in [-0.3, -0.25) is 4.79 Å². The summed E-state index contributed by atoms with van der Waals surface area (Å²) in [6.07, 6.45) is 72.4. The zero-order chi connectivity index (χ0) is 47.2. The average molecular weight is 915 g/mol. The summed E-state index contributed by atoms with van der Waals surface area (Å²) in [5, 5.41) is 33.4. The minimum atomic E-state index is -1.11. The second-order valence-electron chi connectivity index (χ2n) is 20.2. The fourth-order valence-corrected chi connectivity index (χ4v) is 9.14. The van der Waals surface area contributed by atoms with Crippen LogP contribution < -0.4 is 5.32 Å². The second-order valence-corrected chi connectivity index (χ2v) is 20.2. The molecule has 0 bridgehead atoms. The molecule has 0 aromatic carbocycles. The molecule has 1 amide bonds. The molecule has 0 radical (unpaired) electrons. The Balaban J connectivity index is 3.57. The third-order valence-corrected chi connectivity index (χ3v) is 13.7. The number of aliphatic hydroxyl groups is 3. The van der Waals surface area contributed by atoms with Crippen LogP contribution in [-0.2, 0) is 4.79 Å². The molecular formula is C60H115NO4. The molecule has 0 fully saturated rings. The van der Waals surface area contributed by atoms with Gasteiger partial charge in [0.15, 0.2) is 0 Å². The molecular weight excluding hydrogens is 799 g/mol. The highest BCUT2D eigenvalue weighted by atomic mass is 16.3. The molecule has 0 saturated heterocycles. The van der Waals surface area contributed by atoms with Crippen molar-refractivity contribution in [3.05, 3.63) is 36.5 Å². The summed E-state index contributed by atoms with van der Waals surface area (Å²) in [6.45, 7) is 4.21. The van der Waals surface area contributed by atoms with Gasteiger partial charge in [-0.15, -0.1) is 0 Å². The Labute approximate surface area is 406 Å². The number of nitrogens with one attached hydrogen (secondary N) is 1. The van der Waals surface area contributed by atoms with E-state index in [1.54, 1.807) is 6.08 Å². The highest BCUT2D eigenvalue weighted by Crippen LogP contribution is 2.17. The lowest BCUT2D eigenvalue weighted by Crippen LogP contribution is -2.48. The molecule has 0 aromatic heterocycles. The zero-order valence-corrected chi connectivity index (χ0v) is 43.9. The van der Waals surface area contributed by atoms with Gasteiger partial charge in [-0.05, 0) is 57.8 Å². The maximum absolute atomic E-state index is 12.6. The average Bonchev–Trinajstić information content (AvgIpc) is 3.31. The molecule has 0 rings (SSSR count). The molecule has 0 aliphatic rings. The van der Waals surface area contributed by atoms with Gasteiger partial charge < -0.3 is 20.6 Å². The Morgan fingerprint density at radius 3 is 0.938 bits per heavy atom. The number of carbonyl (C=O) groups excluding carboxylic acids is 1. The number of hydrogen-bond donors (Lipinski definition) is 4. The molecule has 0 aromatic rings. The van der Waals surface area contributed by atoms with Crippen LogP contribution in [0, 0.1) is 0 Å². The first kappa shape index (κ1) is 63.6. The molecule has 4 N–H and O–H groups in total. The van der Waals surface area contributed by atoms with Crippen molar-refractivity contribution >= 4 is 5.91 Å². The van der Waals surface area contributed by atoms with Gasteiger partial charge in [0.2, 0.25) is 5.91 Å². The van der Waals surface area contributed by atoms with Crippen LogP contribution in [0.2, 0.25) is 0 Å². The van der Waals surface area contributed by atoms with Crippen molar-refractivity contribution in [2.75, 3.05) is 6.61 Å². The Hall–Kier alpha value is -1.43. The highest BCUT2D eigenvalue weighted by molar-refractivity contribution is 5.80. The van der Waals surface area contributed by atoms with Crippen LogP contribution in [0.4, 0.5) is 0 Å². The molecule has 0 spiro atoms. The predicted molar refractivity (Wildman–Crippen MR) is 287 cm³/mol. The number of amides is 1. The standard InChI is InChI=1S/C60H115NO4/c1-3-5-7-9-11-13-15-17-19-21-23-25-26-27-28-29-30-31-32-33-35-37-39-41-43-45-47-49-51-53-55-59(64)60(65)61-57(56-62)58(63)54-52-50-48-46-44-42-40-38-36-34-24-22-20-18-16-14-12-10-8-6-4-2/h27-28,44,46,52,54,57-59,62-64H,3-26,29-43,45,47-51,53,55-56H2,1-2H3,(H,61,65)/b28-27-,46-44+,54-52+. The summed E-state index contributed by atoms with van der Waals surface area (Å²) in [5.74, 6) is -0.509. The third kappa shape index (κ3) is 50.3. The lowest BCUT2D eigenvalue weighted by Gasteiger charge is -2.21.